The monoisotopic (exact) mass is 499 g/mol. The van der Waals surface area contributed by atoms with Gasteiger partial charge < -0.3 is 20.9 Å². The average Bonchev–Trinajstić information content (AvgIpc) is 3.35. The number of nitrogens with one attached hydrogen (secondary N) is 4. The molecule has 188 valence electrons. The van der Waals surface area contributed by atoms with E-state index < -0.39 is 6.03 Å². The van der Waals surface area contributed by atoms with Crippen LogP contribution in [0, 0.1) is 12.7 Å². The number of halogens is 1. The van der Waals surface area contributed by atoms with Crippen LogP contribution in [-0.2, 0) is 19.5 Å². The summed E-state index contributed by atoms with van der Waals surface area (Å²) in [5, 5.41) is 15.5. The summed E-state index contributed by atoms with van der Waals surface area (Å²) < 4.78 is 13.1. The Bertz CT molecular complexity index is 1420. The highest BCUT2D eigenvalue weighted by atomic mass is 19.1. The van der Waals surface area contributed by atoms with Crippen molar-refractivity contribution in [3.63, 3.8) is 0 Å². The smallest absolute Gasteiger partial charge is 0.323 e. The van der Waals surface area contributed by atoms with Gasteiger partial charge in [-0.2, -0.15) is 5.10 Å². The molecular weight excluding hydrogens is 473 g/mol. The number of anilines is 2. The number of hydrogen-bond acceptors (Lipinski definition) is 4. The Balaban J connectivity index is 1.16. The first-order valence-electron chi connectivity index (χ1n) is 11.9. The van der Waals surface area contributed by atoms with E-state index in [0.29, 0.717) is 43.3 Å². The quantitative estimate of drug-likeness (QED) is 0.315. The summed E-state index contributed by atoms with van der Waals surface area (Å²) in [6.07, 6.45) is 0.612. The van der Waals surface area contributed by atoms with Crippen molar-refractivity contribution in [1.29, 1.82) is 0 Å². The van der Waals surface area contributed by atoms with Gasteiger partial charge >= 0.3 is 12.1 Å². The van der Waals surface area contributed by atoms with Crippen LogP contribution in [0.3, 0.4) is 0 Å². The Morgan fingerprint density at radius 2 is 1.81 bits per heavy atom. The molecule has 3 aromatic carbocycles. The van der Waals surface area contributed by atoms with Crippen molar-refractivity contribution in [2.24, 2.45) is 0 Å². The molecule has 0 aliphatic carbocycles. The molecule has 0 bridgehead atoms. The third kappa shape index (κ3) is 5.75. The van der Waals surface area contributed by atoms with Crippen LogP contribution in [0.2, 0.25) is 0 Å². The molecule has 1 aromatic heterocycles. The molecule has 0 atom stereocenters. The van der Waals surface area contributed by atoms with Crippen LogP contribution in [0.15, 0.2) is 66.7 Å². The maximum absolute atomic E-state index is 13.1. The number of aromatic nitrogens is 3. The summed E-state index contributed by atoms with van der Waals surface area (Å²) in [6.45, 7) is 3.23. The second-order valence-electron chi connectivity index (χ2n) is 8.80. The number of benzene rings is 3. The fraction of sp³-hybridized carbons (Fsp3) is 0.185. The molecule has 5 rings (SSSR count). The topological polar surface area (TPSA) is 115 Å². The number of H-pyrrole nitrogens is 1. The van der Waals surface area contributed by atoms with Gasteiger partial charge in [0.1, 0.15) is 11.6 Å². The Kier molecular flexibility index (Phi) is 6.80. The number of aromatic amines is 1. The SMILES string of the molecule is Cc1nc(-c2ccc(CNC(=O)N3CCc4c(cccc4NC(=O)Nc4ccc(F)cc4)C3)cc2)n[nH]1. The molecule has 4 N–H and O–H groups in total. The zero-order chi connectivity index (χ0) is 25.8. The maximum atomic E-state index is 13.1. The van der Waals surface area contributed by atoms with E-state index in [1.165, 1.54) is 24.3 Å². The van der Waals surface area contributed by atoms with Crippen molar-refractivity contribution in [3.8, 4) is 11.4 Å². The lowest BCUT2D eigenvalue weighted by molar-refractivity contribution is 0.192. The van der Waals surface area contributed by atoms with Gasteiger partial charge in [0.15, 0.2) is 5.82 Å². The van der Waals surface area contributed by atoms with Gasteiger partial charge in [-0.1, -0.05) is 36.4 Å². The molecule has 9 nitrogen and oxygen atoms in total. The van der Waals surface area contributed by atoms with Crippen molar-refractivity contribution in [3.05, 3.63) is 95.1 Å². The molecule has 4 amide bonds. The molecule has 0 unspecified atom stereocenters. The van der Waals surface area contributed by atoms with Crippen molar-refractivity contribution in [1.82, 2.24) is 25.4 Å². The van der Waals surface area contributed by atoms with Gasteiger partial charge in [-0.15, -0.1) is 0 Å². The zero-order valence-corrected chi connectivity index (χ0v) is 20.2. The van der Waals surface area contributed by atoms with Crippen molar-refractivity contribution in [2.75, 3.05) is 17.2 Å². The Morgan fingerprint density at radius 1 is 1.03 bits per heavy atom. The van der Waals surface area contributed by atoms with Crippen LogP contribution >= 0.6 is 0 Å². The lowest BCUT2D eigenvalue weighted by atomic mass is 9.98. The predicted octanol–water partition coefficient (Wildman–Crippen LogP) is 4.83. The molecule has 0 fully saturated rings. The van der Waals surface area contributed by atoms with Gasteiger partial charge in [0.25, 0.3) is 0 Å². The largest absolute Gasteiger partial charge is 0.334 e. The van der Waals surface area contributed by atoms with E-state index in [1.807, 2.05) is 49.4 Å². The first-order chi connectivity index (χ1) is 17.9. The molecule has 4 aromatic rings. The minimum atomic E-state index is -0.413. The fourth-order valence-electron chi connectivity index (χ4n) is 4.25. The van der Waals surface area contributed by atoms with Crippen LogP contribution in [0.4, 0.5) is 25.4 Å². The van der Waals surface area contributed by atoms with E-state index >= 15 is 0 Å². The first-order valence-corrected chi connectivity index (χ1v) is 11.9. The Morgan fingerprint density at radius 3 is 2.54 bits per heavy atom. The molecule has 2 heterocycles. The van der Waals surface area contributed by atoms with Crippen molar-refractivity contribution < 1.29 is 14.0 Å². The minimum absolute atomic E-state index is 0.147. The molecule has 0 spiro atoms. The van der Waals surface area contributed by atoms with Crippen molar-refractivity contribution >= 4 is 23.4 Å². The first kappa shape index (κ1) is 24.0. The van der Waals surface area contributed by atoms with E-state index in [2.05, 4.69) is 31.1 Å². The highest BCUT2D eigenvalue weighted by Crippen LogP contribution is 2.26. The Labute approximate surface area is 213 Å². The van der Waals surface area contributed by atoms with Gasteiger partial charge in [-0.3, -0.25) is 5.10 Å². The lowest BCUT2D eigenvalue weighted by Gasteiger charge is -2.30. The second kappa shape index (κ2) is 10.5. The summed E-state index contributed by atoms with van der Waals surface area (Å²) in [5.74, 6) is 1.03. The number of carbonyl (C=O) groups is 2. The maximum Gasteiger partial charge on any atom is 0.323 e. The number of urea groups is 2. The minimum Gasteiger partial charge on any atom is -0.334 e. The molecule has 1 aliphatic rings. The van der Waals surface area contributed by atoms with E-state index in [0.717, 1.165) is 28.1 Å². The lowest BCUT2D eigenvalue weighted by Crippen LogP contribution is -2.42. The standard InChI is InChI=1S/C27H26FN7O2/c1-17-30-25(34-33-17)19-7-5-18(6-8-19)15-29-27(37)35-14-13-23-20(16-35)3-2-4-24(23)32-26(36)31-22-11-9-21(28)10-12-22/h2-12H,13-16H2,1H3,(H,29,37)(H,30,33,34)(H2,31,32,36). The number of fused-ring (bicyclic) bond motifs is 1. The van der Waals surface area contributed by atoms with Crippen LogP contribution in [0.1, 0.15) is 22.5 Å². The molecule has 37 heavy (non-hydrogen) atoms. The van der Waals surface area contributed by atoms with Crippen LogP contribution in [-0.4, -0.2) is 38.7 Å². The van der Waals surface area contributed by atoms with Crippen LogP contribution in [0.5, 0.6) is 0 Å². The second-order valence-corrected chi connectivity index (χ2v) is 8.80. The molecule has 0 saturated heterocycles. The third-order valence-electron chi connectivity index (χ3n) is 6.16. The van der Waals surface area contributed by atoms with Crippen LogP contribution < -0.4 is 16.0 Å². The fourth-order valence-corrected chi connectivity index (χ4v) is 4.25. The number of nitrogens with zero attached hydrogens (tertiary/aromatic N) is 3. The van der Waals surface area contributed by atoms with Gasteiger partial charge in [0, 0.05) is 36.6 Å². The number of aryl methyl sites for hydroxylation is 1. The van der Waals surface area contributed by atoms with Gasteiger partial charge in [0.05, 0.1) is 0 Å². The van der Waals surface area contributed by atoms with Gasteiger partial charge in [0.2, 0.25) is 0 Å². The van der Waals surface area contributed by atoms with E-state index in [1.54, 1.807) is 4.90 Å². The highest BCUT2D eigenvalue weighted by Gasteiger charge is 2.23. The van der Waals surface area contributed by atoms with E-state index in [9.17, 15) is 14.0 Å². The van der Waals surface area contributed by atoms with Crippen molar-refractivity contribution in [2.45, 2.75) is 26.4 Å². The number of carbonyl (C=O) groups excluding carboxylic acids is 2. The summed E-state index contributed by atoms with van der Waals surface area (Å²) in [4.78, 5) is 31.4. The summed E-state index contributed by atoms with van der Waals surface area (Å²) in [5.41, 5.74) is 5.04. The Hall–Kier alpha value is -4.73. The highest BCUT2D eigenvalue weighted by molar-refractivity contribution is 6.00. The average molecular weight is 500 g/mol. The summed E-state index contributed by atoms with van der Waals surface area (Å²) >= 11 is 0. The van der Waals surface area contributed by atoms with E-state index in [-0.39, 0.29) is 11.8 Å². The predicted molar refractivity (Wildman–Crippen MR) is 138 cm³/mol. The normalized spacial score (nSPS) is 12.5. The molecular formula is C27H26FN7O2. The van der Waals surface area contributed by atoms with Gasteiger partial charge in [-0.05, 0) is 60.4 Å². The van der Waals surface area contributed by atoms with Crippen LogP contribution in [0.25, 0.3) is 11.4 Å². The molecule has 0 saturated carbocycles. The zero-order valence-electron chi connectivity index (χ0n) is 20.2. The number of hydrogen-bond donors (Lipinski definition) is 4. The molecule has 1 aliphatic heterocycles. The van der Waals surface area contributed by atoms with Gasteiger partial charge in [-0.25, -0.2) is 19.0 Å². The number of amides is 4. The summed E-state index contributed by atoms with van der Waals surface area (Å²) in [6, 6.07) is 18.4. The third-order valence-corrected chi connectivity index (χ3v) is 6.16. The van der Waals surface area contributed by atoms with E-state index in [4.69, 9.17) is 0 Å². The molecule has 10 heteroatoms. The number of rotatable bonds is 5. The summed E-state index contributed by atoms with van der Waals surface area (Å²) in [7, 11) is 0. The molecule has 0 radical (unpaired) electrons.